The van der Waals surface area contributed by atoms with Gasteiger partial charge >= 0.3 is 0 Å². The molecule has 7 heteroatoms. The average molecular weight is 391 g/mol. The molecule has 0 spiro atoms. The van der Waals surface area contributed by atoms with Crippen LogP contribution < -0.4 is 14.8 Å². The van der Waals surface area contributed by atoms with Gasteiger partial charge in [-0.25, -0.2) is 13.1 Å². The third-order valence-corrected chi connectivity index (χ3v) is 6.01. The highest BCUT2D eigenvalue weighted by Crippen LogP contribution is 2.28. The Labute approximate surface area is 161 Å². The van der Waals surface area contributed by atoms with Gasteiger partial charge in [-0.15, -0.1) is 0 Å². The number of hydrogen-bond acceptors (Lipinski definition) is 4. The highest BCUT2D eigenvalue weighted by atomic mass is 32.2. The first-order valence-corrected chi connectivity index (χ1v) is 10.3. The second-order valence-corrected chi connectivity index (χ2v) is 8.23. The van der Waals surface area contributed by atoms with Gasteiger partial charge in [0, 0.05) is 5.69 Å². The van der Waals surface area contributed by atoms with Crippen molar-refractivity contribution in [1.29, 1.82) is 0 Å². The Morgan fingerprint density at radius 1 is 1.19 bits per heavy atom. The fourth-order valence-corrected chi connectivity index (χ4v) is 3.65. The van der Waals surface area contributed by atoms with Gasteiger partial charge in [-0.2, -0.15) is 0 Å². The zero-order valence-electron chi connectivity index (χ0n) is 16.1. The lowest BCUT2D eigenvalue weighted by molar-refractivity contribution is -0.118. The predicted molar refractivity (Wildman–Crippen MR) is 107 cm³/mol. The summed E-state index contributed by atoms with van der Waals surface area (Å²) < 4.78 is 32.1. The molecule has 0 radical (unpaired) electrons. The summed E-state index contributed by atoms with van der Waals surface area (Å²) in [4.78, 5) is 12.4. The number of anilines is 1. The van der Waals surface area contributed by atoms with Gasteiger partial charge in [0.25, 0.3) is 5.91 Å². The third kappa shape index (κ3) is 5.30. The number of hydrogen-bond donors (Lipinski definition) is 2. The lowest BCUT2D eigenvalue weighted by Crippen LogP contribution is -2.22. The molecule has 0 aliphatic carbocycles. The van der Waals surface area contributed by atoms with Crippen molar-refractivity contribution in [3.05, 3.63) is 53.6 Å². The van der Waals surface area contributed by atoms with Gasteiger partial charge in [0.1, 0.15) is 5.75 Å². The summed E-state index contributed by atoms with van der Waals surface area (Å²) in [5.74, 6) is 0.658. The average Bonchev–Trinajstić information content (AvgIpc) is 2.67. The van der Waals surface area contributed by atoms with Crippen LogP contribution >= 0.6 is 0 Å². The monoisotopic (exact) mass is 390 g/mol. The van der Waals surface area contributed by atoms with Crippen LogP contribution in [-0.2, 0) is 14.8 Å². The van der Waals surface area contributed by atoms with Crippen LogP contribution in [0.3, 0.4) is 0 Å². The number of benzene rings is 2. The standard InChI is InChI=1S/C20H26N2O4S/c1-5-14(2)17-8-6-7-9-18(17)26-13-20(23)22-16-11-10-15(3)19(12-16)27(24,25)21-4/h6-12,14,21H,5,13H2,1-4H3,(H,22,23). The zero-order valence-corrected chi connectivity index (χ0v) is 16.9. The minimum atomic E-state index is -3.59. The molecule has 2 N–H and O–H groups in total. The smallest absolute Gasteiger partial charge is 0.262 e. The molecule has 1 atom stereocenters. The van der Waals surface area contributed by atoms with E-state index in [1.165, 1.54) is 13.1 Å². The fraction of sp³-hybridized carbons (Fsp3) is 0.350. The molecule has 146 valence electrons. The van der Waals surface area contributed by atoms with E-state index in [0.29, 0.717) is 22.9 Å². The van der Waals surface area contributed by atoms with E-state index < -0.39 is 10.0 Å². The van der Waals surface area contributed by atoms with Crippen LogP contribution in [0.5, 0.6) is 5.75 Å². The fourth-order valence-electron chi connectivity index (χ4n) is 2.66. The Morgan fingerprint density at radius 2 is 1.89 bits per heavy atom. The quantitative estimate of drug-likeness (QED) is 0.723. The number of ether oxygens (including phenoxy) is 1. The van der Waals surface area contributed by atoms with Crippen LogP contribution in [0.4, 0.5) is 5.69 Å². The van der Waals surface area contributed by atoms with Crippen molar-refractivity contribution in [3.63, 3.8) is 0 Å². The van der Waals surface area contributed by atoms with Gasteiger partial charge in [-0.1, -0.05) is 38.1 Å². The second-order valence-electron chi connectivity index (χ2n) is 6.37. The number of para-hydroxylation sites is 1. The third-order valence-electron chi connectivity index (χ3n) is 4.45. The molecule has 2 rings (SSSR count). The van der Waals surface area contributed by atoms with Crippen molar-refractivity contribution in [3.8, 4) is 5.75 Å². The van der Waals surface area contributed by atoms with Crippen molar-refractivity contribution in [2.75, 3.05) is 19.0 Å². The predicted octanol–water partition coefficient (Wildman–Crippen LogP) is 3.43. The molecule has 0 saturated heterocycles. The highest BCUT2D eigenvalue weighted by molar-refractivity contribution is 7.89. The summed E-state index contributed by atoms with van der Waals surface area (Å²) in [7, 11) is -2.24. The molecule has 0 aliphatic heterocycles. The first-order valence-electron chi connectivity index (χ1n) is 8.84. The van der Waals surface area contributed by atoms with Crippen LogP contribution in [0.1, 0.15) is 37.3 Å². The Bertz CT molecular complexity index is 910. The van der Waals surface area contributed by atoms with E-state index >= 15 is 0 Å². The molecule has 27 heavy (non-hydrogen) atoms. The number of sulfonamides is 1. The first-order chi connectivity index (χ1) is 12.8. The molecule has 1 amide bonds. The van der Waals surface area contributed by atoms with Crippen LogP contribution in [0.25, 0.3) is 0 Å². The van der Waals surface area contributed by atoms with Crippen LogP contribution in [0.15, 0.2) is 47.4 Å². The molecule has 0 saturated carbocycles. The normalized spacial score (nSPS) is 12.4. The Morgan fingerprint density at radius 3 is 2.56 bits per heavy atom. The van der Waals surface area contributed by atoms with E-state index in [1.807, 2.05) is 24.3 Å². The summed E-state index contributed by atoms with van der Waals surface area (Å²) in [6.07, 6.45) is 0.971. The summed E-state index contributed by atoms with van der Waals surface area (Å²) in [5, 5.41) is 2.68. The van der Waals surface area contributed by atoms with E-state index in [2.05, 4.69) is 23.9 Å². The number of rotatable bonds is 8. The van der Waals surface area contributed by atoms with Crippen molar-refractivity contribution < 1.29 is 17.9 Å². The maximum absolute atomic E-state index is 12.3. The molecule has 0 fully saturated rings. The van der Waals surface area contributed by atoms with Gasteiger partial charge in [0.05, 0.1) is 4.90 Å². The van der Waals surface area contributed by atoms with E-state index in [0.717, 1.165) is 12.0 Å². The number of nitrogens with one attached hydrogen (secondary N) is 2. The van der Waals surface area contributed by atoms with Gasteiger partial charge in [-0.05, 0) is 55.6 Å². The summed E-state index contributed by atoms with van der Waals surface area (Å²) in [6, 6.07) is 12.4. The topological polar surface area (TPSA) is 84.5 Å². The minimum Gasteiger partial charge on any atom is -0.483 e. The van der Waals surface area contributed by atoms with Crippen LogP contribution in [0, 0.1) is 6.92 Å². The molecule has 0 heterocycles. The number of carbonyl (C=O) groups excluding carboxylic acids is 1. The number of aryl methyl sites for hydroxylation is 1. The molecular formula is C20H26N2O4S. The van der Waals surface area contributed by atoms with Crippen molar-refractivity contribution >= 4 is 21.6 Å². The Balaban J connectivity index is 2.09. The van der Waals surface area contributed by atoms with Gasteiger partial charge in [0.2, 0.25) is 10.0 Å². The van der Waals surface area contributed by atoms with E-state index in [1.54, 1.807) is 19.1 Å². The van der Waals surface area contributed by atoms with Gasteiger partial charge in [0.15, 0.2) is 6.61 Å². The molecule has 0 bridgehead atoms. The molecular weight excluding hydrogens is 364 g/mol. The van der Waals surface area contributed by atoms with Crippen LogP contribution in [0.2, 0.25) is 0 Å². The zero-order chi connectivity index (χ0) is 20.0. The number of amides is 1. The van der Waals surface area contributed by atoms with E-state index in [9.17, 15) is 13.2 Å². The van der Waals surface area contributed by atoms with Crippen molar-refractivity contribution in [1.82, 2.24) is 4.72 Å². The Kier molecular flexibility index (Phi) is 6.98. The van der Waals surface area contributed by atoms with Crippen molar-refractivity contribution in [2.24, 2.45) is 0 Å². The lowest BCUT2D eigenvalue weighted by atomic mass is 9.98. The minimum absolute atomic E-state index is 0.130. The van der Waals surface area contributed by atoms with Gasteiger partial charge < -0.3 is 10.1 Å². The largest absolute Gasteiger partial charge is 0.483 e. The van der Waals surface area contributed by atoms with Gasteiger partial charge in [-0.3, -0.25) is 4.79 Å². The molecule has 1 unspecified atom stereocenters. The molecule has 2 aromatic rings. The maximum Gasteiger partial charge on any atom is 0.262 e. The van der Waals surface area contributed by atoms with Crippen molar-refractivity contribution in [2.45, 2.75) is 38.0 Å². The first kappa shape index (κ1) is 20.9. The molecule has 0 aliphatic rings. The molecule has 6 nitrogen and oxygen atoms in total. The van der Waals surface area contributed by atoms with E-state index in [-0.39, 0.29) is 17.4 Å². The van der Waals surface area contributed by atoms with E-state index in [4.69, 9.17) is 4.74 Å². The summed E-state index contributed by atoms with van der Waals surface area (Å²) in [5.41, 5.74) is 2.06. The SMILES string of the molecule is CCC(C)c1ccccc1OCC(=O)Nc1ccc(C)c(S(=O)(=O)NC)c1. The summed E-state index contributed by atoms with van der Waals surface area (Å²) in [6.45, 7) is 5.75. The summed E-state index contributed by atoms with van der Waals surface area (Å²) >= 11 is 0. The Hall–Kier alpha value is -2.38. The maximum atomic E-state index is 12.3. The lowest BCUT2D eigenvalue weighted by Gasteiger charge is -2.15. The number of carbonyl (C=O) groups is 1. The second kappa shape index (κ2) is 9.01. The van der Waals surface area contributed by atoms with Crippen LogP contribution in [-0.4, -0.2) is 28.0 Å². The molecule has 2 aromatic carbocycles. The molecule has 0 aromatic heterocycles. The highest BCUT2D eigenvalue weighted by Gasteiger charge is 2.16.